The molecule has 1 aliphatic heterocycles. The Labute approximate surface area is 132 Å². The average molecular weight is 322 g/mol. The molecular formula is C16H13Cl2NO2. The van der Waals surface area contributed by atoms with Crippen LogP contribution >= 0.6 is 23.2 Å². The molecule has 108 valence electrons. The number of rotatable bonds is 1. The third-order valence-corrected chi connectivity index (χ3v) is 5.74. The minimum absolute atomic E-state index is 0.131. The van der Waals surface area contributed by atoms with Gasteiger partial charge in [-0.1, -0.05) is 41.4 Å². The van der Waals surface area contributed by atoms with E-state index in [0.717, 1.165) is 12.8 Å². The van der Waals surface area contributed by atoms with Crippen LogP contribution in [0.2, 0.25) is 10.0 Å². The molecule has 3 aliphatic carbocycles. The topological polar surface area (TPSA) is 37.4 Å². The fraction of sp³-hybridized carbons (Fsp3) is 0.375. The van der Waals surface area contributed by atoms with Crippen molar-refractivity contribution in [1.29, 1.82) is 0 Å². The second-order valence-corrected chi connectivity index (χ2v) is 6.71. The molecular weight excluding hydrogens is 309 g/mol. The Balaban J connectivity index is 1.81. The molecule has 1 saturated carbocycles. The van der Waals surface area contributed by atoms with Gasteiger partial charge in [-0.05, 0) is 36.8 Å². The first kappa shape index (κ1) is 13.4. The van der Waals surface area contributed by atoms with Gasteiger partial charge in [-0.3, -0.25) is 9.59 Å². The van der Waals surface area contributed by atoms with Gasteiger partial charge in [0.2, 0.25) is 11.8 Å². The van der Waals surface area contributed by atoms with Crippen molar-refractivity contribution in [3.63, 3.8) is 0 Å². The highest BCUT2D eigenvalue weighted by Crippen LogP contribution is 2.51. The average Bonchev–Trinajstić information content (AvgIpc) is 2.78. The molecule has 1 aromatic carbocycles. The Kier molecular flexibility index (Phi) is 2.92. The van der Waals surface area contributed by atoms with Crippen LogP contribution in [0.1, 0.15) is 12.8 Å². The van der Waals surface area contributed by atoms with E-state index < -0.39 is 0 Å². The summed E-state index contributed by atoms with van der Waals surface area (Å²) in [5.74, 6) is -0.354. The number of nitrogens with zero attached hydrogens (tertiary/aromatic N) is 1. The first-order valence-electron chi connectivity index (χ1n) is 7.09. The normalized spacial score (nSPS) is 33.7. The fourth-order valence-corrected chi connectivity index (χ4v) is 4.36. The monoisotopic (exact) mass is 321 g/mol. The van der Waals surface area contributed by atoms with Crippen molar-refractivity contribution in [1.82, 2.24) is 0 Å². The summed E-state index contributed by atoms with van der Waals surface area (Å²) in [6.45, 7) is 0. The minimum atomic E-state index is -0.226. The lowest BCUT2D eigenvalue weighted by molar-refractivity contribution is -0.124. The van der Waals surface area contributed by atoms with Crippen molar-refractivity contribution in [2.24, 2.45) is 23.7 Å². The highest BCUT2D eigenvalue weighted by atomic mass is 35.5. The zero-order chi connectivity index (χ0) is 14.7. The molecule has 1 aromatic rings. The fourth-order valence-electron chi connectivity index (χ4n) is 3.98. The smallest absolute Gasteiger partial charge is 0.238 e. The van der Waals surface area contributed by atoms with E-state index in [9.17, 15) is 9.59 Å². The van der Waals surface area contributed by atoms with Crippen molar-refractivity contribution >= 4 is 40.7 Å². The number of benzene rings is 1. The maximum atomic E-state index is 12.8. The molecule has 0 N–H and O–H groups in total. The number of hydrogen-bond donors (Lipinski definition) is 0. The first-order chi connectivity index (χ1) is 10.1. The standard InChI is InChI=1S/C16H13Cl2NO2/c17-10-2-1-3-11(14(10)18)19-15(20)12-8-4-5-9(7-6-8)13(12)16(19)21/h1-5,8-9,12-13H,6-7H2/t8-,9-,12-,13-/m0/s1. The zero-order valence-corrected chi connectivity index (χ0v) is 12.6. The number of carbonyl (C=O) groups is 2. The summed E-state index contributed by atoms with van der Waals surface area (Å²) in [5, 5.41) is 0.616. The summed E-state index contributed by atoms with van der Waals surface area (Å²) in [5.41, 5.74) is 0.410. The molecule has 5 heteroatoms. The van der Waals surface area contributed by atoms with Crippen molar-refractivity contribution < 1.29 is 9.59 Å². The van der Waals surface area contributed by atoms with Gasteiger partial charge in [-0.2, -0.15) is 0 Å². The summed E-state index contributed by atoms with van der Waals surface area (Å²) in [7, 11) is 0. The highest BCUT2D eigenvalue weighted by Gasteiger charge is 2.57. The number of halogens is 2. The molecule has 0 aromatic heterocycles. The van der Waals surface area contributed by atoms with Crippen LogP contribution in [0, 0.1) is 23.7 Å². The molecule has 1 heterocycles. The molecule has 0 radical (unpaired) electrons. The number of anilines is 1. The molecule has 4 atom stereocenters. The van der Waals surface area contributed by atoms with Crippen LogP contribution < -0.4 is 4.90 Å². The Morgan fingerprint density at radius 3 is 2.05 bits per heavy atom. The van der Waals surface area contributed by atoms with E-state index in [0.29, 0.717) is 10.7 Å². The van der Waals surface area contributed by atoms with Crippen LogP contribution in [-0.4, -0.2) is 11.8 Å². The van der Waals surface area contributed by atoms with Gasteiger partial charge >= 0.3 is 0 Å². The van der Waals surface area contributed by atoms with E-state index in [1.165, 1.54) is 4.90 Å². The van der Waals surface area contributed by atoms with E-state index in [4.69, 9.17) is 23.2 Å². The number of imide groups is 1. The Bertz CT molecular complexity index is 653. The van der Waals surface area contributed by atoms with E-state index >= 15 is 0 Å². The molecule has 2 bridgehead atoms. The molecule has 21 heavy (non-hydrogen) atoms. The van der Waals surface area contributed by atoms with E-state index in [-0.39, 0.29) is 40.5 Å². The molecule has 4 aliphatic rings. The van der Waals surface area contributed by atoms with E-state index in [2.05, 4.69) is 12.2 Å². The van der Waals surface area contributed by atoms with E-state index in [1.807, 2.05) is 0 Å². The Hall–Kier alpha value is -1.32. The molecule has 2 fully saturated rings. The number of amides is 2. The van der Waals surface area contributed by atoms with Gasteiger partial charge in [0.25, 0.3) is 0 Å². The summed E-state index contributed by atoms with van der Waals surface area (Å²) < 4.78 is 0. The lowest BCUT2D eigenvalue weighted by atomic mass is 9.63. The van der Waals surface area contributed by atoms with Gasteiger partial charge in [-0.15, -0.1) is 0 Å². The number of carbonyl (C=O) groups excluding carboxylic acids is 2. The van der Waals surface area contributed by atoms with Gasteiger partial charge in [0, 0.05) is 0 Å². The molecule has 5 rings (SSSR count). The third kappa shape index (κ3) is 1.74. The minimum Gasteiger partial charge on any atom is -0.274 e. The second-order valence-electron chi connectivity index (χ2n) is 5.93. The highest BCUT2D eigenvalue weighted by molar-refractivity contribution is 6.44. The van der Waals surface area contributed by atoms with Gasteiger partial charge in [0.15, 0.2) is 0 Å². The van der Waals surface area contributed by atoms with Crippen molar-refractivity contribution in [2.75, 3.05) is 4.90 Å². The zero-order valence-electron chi connectivity index (χ0n) is 11.1. The van der Waals surface area contributed by atoms with Crippen molar-refractivity contribution in [3.05, 3.63) is 40.4 Å². The molecule has 3 nitrogen and oxygen atoms in total. The maximum Gasteiger partial charge on any atom is 0.238 e. The van der Waals surface area contributed by atoms with Crippen molar-refractivity contribution in [3.8, 4) is 0 Å². The first-order valence-corrected chi connectivity index (χ1v) is 7.85. The second kappa shape index (κ2) is 4.59. The van der Waals surface area contributed by atoms with Crippen LogP contribution in [0.5, 0.6) is 0 Å². The van der Waals surface area contributed by atoms with Gasteiger partial charge in [0.05, 0.1) is 27.6 Å². The maximum absolute atomic E-state index is 12.8. The van der Waals surface area contributed by atoms with Crippen LogP contribution in [0.25, 0.3) is 0 Å². The van der Waals surface area contributed by atoms with Crippen LogP contribution in [0.15, 0.2) is 30.4 Å². The number of hydrogen-bond acceptors (Lipinski definition) is 2. The largest absolute Gasteiger partial charge is 0.274 e. The Morgan fingerprint density at radius 2 is 1.52 bits per heavy atom. The predicted octanol–water partition coefficient (Wildman–Crippen LogP) is 3.70. The van der Waals surface area contributed by atoms with Gasteiger partial charge in [0.1, 0.15) is 0 Å². The van der Waals surface area contributed by atoms with Crippen LogP contribution in [-0.2, 0) is 9.59 Å². The van der Waals surface area contributed by atoms with Crippen LogP contribution in [0.4, 0.5) is 5.69 Å². The molecule has 0 spiro atoms. The number of fused-ring (bicyclic) bond motifs is 1. The number of allylic oxidation sites excluding steroid dienone is 2. The summed E-state index contributed by atoms with van der Waals surface area (Å²) in [6, 6.07) is 5.03. The van der Waals surface area contributed by atoms with Gasteiger partial charge < -0.3 is 0 Å². The lowest BCUT2D eigenvalue weighted by Crippen LogP contribution is -2.38. The van der Waals surface area contributed by atoms with Crippen molar-refractivity contribution in [2.45, 2.75) is 12.8 Å². The predicted molar refractivity (Wildman–Crippen MR) is 81.3 cm³/mol. The van der Waals surface area contributed by atoms with Gasteiger partial charge in [-0.25, -0.2) is 4.90 Å². The lowest BCUT2D eigenvalue weighted by Gasteiger charge is -2.38. The SMILES string of the molecule is O=C1[C@@H]2[C@@H](C(=O)N1c1cccc(Cl)c1Cl)[C@H]1C=C[C@H]2CC1. The Morgan fingerprint density at radius 1 is 0.952 bits per heavy atom. The molecule has 1 saturated heterocycles. The van der Waals surface area contributed by atoms with E-state index in [1.54, 1.807) is 18.2 Å². The molecule has 2 amide bonds. The summed E-state index contributed by atoms with van der Waals surface area (Å²) >= 11 is 12.2. The third-order valence-electron chi connectivity index (χ3n) is 4.93. The summed E-state index contributed by atoms with van der Waals surface area (Å²) in [4.78, 5) is 26.8. The quantitative estimate of drug-likeness (QED) is 0.584. The van der Waals surface area contributed by atoms with Crippen LogP contribution in [0.3, 0.4) is 0 Å². The molecule has 0 unspecified atom stereocenters. The summed E-state index contributed by atoms with van der Waals surface area (Å²) in [6.07, 6.45) is 6.17.